The van der Waals surface area contributed by atoms with Crippen molar-refractivity contribution in [2.24, 2.45) is 0 Å². The molecule has 3 rings (SSSR count). The summed E-state index contributed by atoms with van der Waals surface area (Å²) in [7, 11) is 0. The third-order valence-corrected chi connectivity index (χ3v) is 3.22. The van der Waals surface area contributed by atoms with Crippen LogP contribution in [0.2, 0.25) is 0 Å². The summed E-state index contributed by atoms with van der Waals surface area (Å²) >= 11 is 0. The van der Waals surface area contributed by atoms with Crippen LogP contribution in [0.3, 0.4) is 0 Å². The fourth-order valence-corrected chi connectivity index (χ4v) is 2.15. The maximum absolute atomic E-state index is 4.61. The van der Waals surface area contributed by atoms with Gasteiger partial charge in [0.15, 0.2) is 5.82 Å². The Morgan fingerprint density at radius 2 is 2.12 bits per heavy atom. The molecule has 0 saturated carbocycles. The molecule has 0 spiro atoms. The van der Waals surface area contributed by atoms with Crippen LogP contribution in [0, 0.1) is 0 Å². The standard InChI is InChI=1S/C13H16N4/c1-10(2)16-7-11-8-17(15-12(11)9-16)13-5-3-4-6-14-13/h3-6,8,10H,7,9H2,1-2H3. The molecule has 1 aliphatic rings. The van der Waals surface area contributed by atoms with Crippen LogP contribution in [0.5, 0.6) is 0 Å². The van der Waals surface area contributed by atoms with Crippen molar-refractivity contribution in [1.82, 2.24) is 19.7 Å². The Balaban J connectivity index is 1.88. The second-order valence-electron chi connectivity index (χ2n) is 4.73. The van der Waals surface area contributed by atoms with Crippen molar-refractivity contribution in [3.63, 3.8) is 0 Å². The van der Waals surface area contributed by atoms with Crippen molar-refractivity contribution < 1.29 is 0 Å². The van der Waals surface area contributed by atoms with Gasteiger partial charge in [0.05, 0.1) is 5.69 Å². The molecular formula is C13H16N4. The van der Waals surface area contributed by atoms with Crippen LogP contribution in [0.25, 0.3) is 5.82 Å². The first kappa shape index (κ1) is 10.5. The molecule has 2 aromatic rings. The Morgan fingerprint density at radius 3 is 2.76 bits per heavy atom. The van der Waals surface area contributed by atoms with Crippen molar-refractivity contribution in [2.45, 2.75) is 33.0 Å². The van der Waals surface area contributed by atoms with E-state index in [4.69, 9.17) is 0 Å². The molecule has 0 aliphatic carbocycles. The van der Waals surface area contributed by atoms with Gasteiger partial charge in [-0.2, -0.15) is 5.10 Å². The molecule has 1 aliphatic heterocycles. The molecule has 2 aromatic heterocycles. The average molecular weight is 228 g/mol. The number of hydrogen-bond donors (Lipinski definition) is 0. The van der Waals surface area contributed by atoms with Gasteiger partial charge in [0.2, 0.25) is 0 Å². The van der Waals surface area contributed by atoms with E-state index in [1.54, 1.807) is 6.20 Å². The van der Waals surface area contributed by atoms with Crippen LogP contribution >= 0.6 is 0 Å². The highest BCUT2D eigenvalue weighted by molar-refractivity contribution is 5.28. The molecule has 4 nitrogen and oxygen atoms in total. The van der Waals surface area contributed by atoms with E-state index in [0.29, 0.717) is 6.04 Å². The zero-order valence-electron chi connectivity index (χ0n) is 10.2. The van der Waals surface area contributed by atoms with E-state index in [2.05, 4.69) is 35.0 Å². The molecule has 0 N–H and O–H groups in total. The van der Waals surface area contributed by atoms with Gasteiger partial charge in [-0.05, 0) is 26.0 Å². The maximum Gasteiger partial charge on any atom is 0.153 e. The zero-order chi connectivity index (χ0) is 11.8. The van der Waals surface area contributed by atoms with E-state index in [9.17, 15) is 0 Å². The molecule has 0 unspecified atom stereocenters. The second kappa shape index (κ2) is 3.96. The van der Waals surface area contributed by atoms with E-state index >= 15 is 0 Å². The summed E-state index contributed by atoms with van der Waals surface area (Å²) in [5.41, 5.74) is 2.51. The fourth-order valence-electron chi connectivity index (χ4n) is 2.15. The van der Waals surface area contributed by atoms with Crippen LogP contribution in [-0.2, 0) is 13.1 Å². The predicted molar refractivity (Wildman–Crippen MR) is 65.7 cm³/mol. The van der Waals surface area contributed by atoms with Crippen molar-refractivity contribution in [3.05, 3.63) is 41.9 Å². The van der Waals surface area contributed by atoms with Gasteiger partial charge in [-0.25, -0.2) is 9.67 Å². The lowest BCUT2D eigenvalue weighted by molar-refractivity contribution is 0.224. The molecule has 3 heterocycles. The van der Waals surface area contributed by atoms with Crippen molar-refractivity contribution in [3.8, 4) is 5.82 Å². The third kappa shape index (κ3) is 1.85. The van der Waals surface area contributed by atoms with E-state index < -0.39 is 0 Å². The Bertz CT molecular complexity index is 492. The summed E-state index contributed by atoms with van der Waals surface area (Å²) in [4.78, 5) is 6.72. The highest BCUT2D eigenvalue weighted by Gasteiger charge is 2.24. The van der Waals surface area contributed by atoms with E-state index in [-0.39, 0.29) is 0 Å². The molecule has 0 atom stereocenters. The van der Waals surface area contributed by atoms with E-state index in [0.717, 1.165) is 18.9 Å². The summed E-state index contributed by atoms with van der Waals surface area (Å²) in [6.45, 7) is 6.39. The quantitative estimate of drug-likeness (QED) is 0.788. The SMILES string of the molecule is CC(C)N1Cc2cn(-c3ccccn3)nc2C1. The minimum atomic E-state index is 0.576. The average Bonchev–Trinajstić information content (AvgIpc) is 2.87. The number of nitrogens with zero attached hydrogens (tertiary/aromatic N) is 4. The Labute approximate surface area is 101 Å². The summed E-state index contributed by atoms with van der Waals surface area (Å²) < 4.78 is 1.88. The number of fused-ring (bicyclic) bond motifs is 1. The number of pyridine rings is 1. The Morgan fingerprint density at radius 1 is 1.24 bits per heavy atom. The molecule has 0 saturated heterocycles. The molecule has 4 heteroatoms. The van der Waals surface area contributed by atoms with Gasteiger partial charge >= 0.3 is 0 Å². The smallest absolute Gasteiger partial charge is 0.153 e. The Kier molecular flexibility index (Phi) is 2.44. The van der Waals surface area contributed by atoms with Crippen LogP contribution in [0.4, 0.5) is 0 Å². The molecule has 88 valence electrons. The first-order valence-corrected chi connectivity index (χ1v) is 5.97. The van der Waals surface area contributed by atoms with E-state index in [1.807, 2.05) is 22.9 Å². The van der Waals surface area contributed by atoms with Crippen LogP contribution in [0.1, 0.15) is 25.1 Å². The van der Waals surface area contributed by atoms with Gasteiger partial charge in [-0.1, -0.05) is 6.07 Å². The van der Waals surface area contributed by atoms with Crippen LogP contribution in [0.15, 0.2) is 30.6 Å². The van der Waals surface area contributed by atoms with Crippen molar-refractivity contribution in [1.29, 1.82) is 0 Å². The maximum atomic E-state index is 4.61. The van der Waals surface area contributed by atoms with Crippen molar-refractivity contribution >= 4 is 0 Å². The van der Waals surface area contributed by atoms with Gasteiger partial charge in [0, 0.05) is 37.1 Å². The number of aromatic nitrogens is 3. The largest absolute Gasteiger partial charge is 0.291 e. The molecule has 0 fully saturated rings. The van der Waals surface area contributed by atoms with Gasteiger partial charge in [0.25, 0.3) is 0 Å². The van der Waals surface area contributed by atoms with Crippen molar-refractivity contribution in [2.75, 3.05) is 0 Å². The highest BCUT2D eigenvalue weighted by Crippen LogP contribution is 2.23. The third-order valence-electron chi connectivity index (χ3n) is 3.22. The molecule has 0 bridgehead atoms. The fraction of sp³-hybridized carbons (Fsp3) is 0.385. The number of hydrogen-bond acceptors (Lipinski definition) is 3. The lowest BCUT2D eigenvalue weighted by Crippen LogP contribution is -2.25. The minimum absolute atomic E-state index is 0.576. The molecule has 0 amide bonds. The number of rotatable bonds is 2. The van der Waals surface area contributed by atoms with Crippen LogP contribution in [-0.4, -0.2) is 25.7 Å². The summed E-state index contributed by atoms with van der Waals surface area (Å²) in [5.74, 6) is 0.887. The molecule has 17 heavy (non-hydrogen) atoms. The lowest BCUT2D eigenvalue weighted by Gasteiger charge is -2.19. The Hall–Kier alpha value is -1.68. The predicted octanol–water partition coefficient (Wildman–Crippen LogP) is 1.99. The monoisotopic (exact) mass is 228 g/mol. The second-order valence-corrected chi connectivity index (χ2v) is 4.73. The minimum Gasteiger partial charge on any atom is -0.291 e. The van der Waals surface area contributed by atoms with Gasteiger partial charge < -0.3 is 0 Å². The van der Waals surface area contributed by atoms with Gasteiger partial charge in [-0.3, -0.25) is 4.90 Å². The summed E-state index contributed by atoms with van der Waals surface area (Å²) in [6.07, 6.45) is 3.89. The molecular weight excluding hydrogens is 212 g/mol. The van der Waals surface area contributed by atoms with Gasteiger partial charge in [-0.15, -0.1) is 0 Å². The topological polar surface area (TPSA) is 34.0 Å². The van der Waals surface area contributed by atoms with Gasteiger partial charge in [0.1, 0.15) is 0 Å². The molecule has 0 radical (unpaired) electrons. The molecule has 0 aromatic carbocycles. The normalized spacial score (nSPS) is 15.5. The zero-order valence-corrected chi connectivity index (χ0v) is 10.2. The summed E-state index contributed by atoms with van der Waals surface area (Å²) in [6, 6.07) is 6.45. The van der Waals surface area contributed by atoms with Crippen LogP contribution < -0.4 is 0 Å². The van der Waals surface area contributed by atoms with E-state index in [1.165, 1.54) is 11.3 Å². The first-order valence-electron chi connectivity index (χ1n) is 5.97. The highest BCUT2D eigenvalue weighted by atomic mass is 15.3. The lowest BCUT2D eigenvalue weighted by atomic mass is 10.3. The summed E-state index contributed by atoms with van der Waals surface area (Å²) in [5, 5.41) is 4.61. The first-order chi connectivity index (χ1) is 8.24.